The van der Waals surface area contributed by atoms with E-state index in [4.69, 9.17) is 12.2 Å². The van der Waals surface area contributed by atoms with Crippen LogP contribution in [0.1, 0.15) is 41.5 Å². The molecule has 2 bridgehead atoms. The average molecular weight is 538 g/mol. The monoisotopic (exact) mass is 537 g/mol. The van der Waals surface area contributed by atoms with E-state index < -0.39 is 5.97 Å². The van der Waals surface area contributed by atoms with Crippen LogP contribution in [0.5, 0.6) is 0 Å². The first-order valence-corrected chi connectivity index (χ1v) is 14.3. The number of rotatable bonds is 8. The first kappa shape index (κ1) is 28.5. The molecule has 1 aromatic heterocycles. The number of aromatic carboxylic acids is 1. The van der Waals surface area contributed by atoms with Crippen LogP contribution in [0.25, 0.3) is 0 Å². The summed E-state index contributed by atoms with van der Waals surface area (Å²) in [5.41, 5.74) is 3.21. The molecule has 0 spiro atoms. The molecule has 204 valence electrons. The second kappa shape index (κ2) is 14.0. The van der Waals surface area contributed by atoms with Gasteiger partial charge in [-0.15, -0.1) is 0 Å². The highest BCUT2D eigenvalue weighted by atomic mass is 32.1. The Hall–Kier alpha value is -2.52. The number of carboxylic acid groups (broad SMARTS) is 1. The molecular formula is C29H41N6O2S+. The van der Waals surface area contributed by atoms with E-state index in [2.05, 4.69) is 48.9 Å². The van der Waals surface area contributed by atoms with Gasteiger partial charge in [0.05, 0.1) is 36.2 Å². The van der Waals surface area contributed by atoms with Crippen molar-refractivity contribution in [3.05, 3.63) is 59.4 Å². The number of aliphatic imine (C=N–C) groups is 1. The fraction of sp³-hybridized carbons (Fsp3) is 0.552. The van der Waals surface area contributed by atoms with Crippen LogP contribution in [0.15, 0.2) is 47.5 Å². The topological polar surface area (TPSA) is 72.3 Å². The van der Waals surface area contributed by atoms with Gasteiger partial charge in [0.1, 0.15) is 18.9 Å². The molecule has 9 heteroatoms. The van der Waals surface area contributed by atoms with Gasteiger partial charge in [0.2, 0.25) is 0 Å². The minimum Gasteiger partial charge on any atom is -0.477 e. The fourth-order valence-corrected chi connectivity index (χ4v) is 5.90. The Bertz CT molecular complexity index is 1110. The average Bonchev–Trinajstić information content (AvgIpc) is 3.32. The number of benzene rings is 1. The molecule has 2 aromatic rings. The first-order valence-electron chi connectivity index (χ1n) is 13.9. The van der Waals surface area contributed by atoms with E-state index in [1.165, 1.54) is 5.56 Å². The van der Waals surface area contributed by atoms with E-state index in [9.17, 15) is 9.90 Å². The maximum Gasteiger partial charge on any atom is 0.354 e. The summed E-state index contributed by atoms with van der Waals surface area (Å²) in [5, 5.41) is 11.8. The number of pyridine rings is 1. The van der Waals surface area contributed by atoms with E-state index in [0.717, 1.165) is 114 Å². The zero-order chi connectivity index (χ0) is 26.8. The summed E-state index contributed by atoms with van der Waals surface area (Å²) in [6.07, 6.45) is 3.32. The highest BCUT2D eigenvalue weighted by Gasteiger charge is 2.37. The van der Waals surface area contributed by atoms with Crippen LogP contribution in [0, 0.1) is 0 Å². The molecule has 0 aliphatic carbocycles. The number of carboxylic acids is 1. The molecule has 1 N–H and O–H groups in total. The summed E-state index contributed by atoms with van der Waals surface area (Å²) < 4.78 is 0.973. The molecule has 2 saturated heterocycles. The van der Waals surface area contributed by atoms with Gasteiger partial charge in [-0.3, -0.25) is 4.90 Å². The van der Waals surface area contributed by atoms with E-state index in [1.54, 1.807) is 6.07 Å². The van der Waals surface area contributed by atoms with Gasteiger partial charge in [-0.25, -0.2) is 9.78 Å². The number of fused-ring (bicyclic) bond motifs is 2. The lowest BCUT2D eigenvalue weighted by Gasteiger charge is -2.35. The van der Waals surface area contributed by atoms with Crippen molar-refractivity contribution in [2.45, 2.75) is 32.7 Å². The minimum absolute atomic E-state index is 0.138. The largest absolute Gasteiger partial charge is 0.477 e. The molecule has 0 radical (unpaired) electrons. The summed E-state index contributed by atoms with van der Waals surface area (Å²) in [7, 11) is 0. The molecule has 38 heavy (non-hydrogen) atoms. The van der Waals surface area contributed by atoms with Gasteiger partial charge >= 0.3 is 5.97 Å². The zero-order valence-electron chi connectivity index (χ0n) is 22.6. The van der Waals surface area contributed by atoms with Crippen LogP contribution in [0.4, 0.5) is 5.69 Å². The number of aromatic nitrogens is 1. The van der Waals surface area contributed by atoms with E-state index >= 15 is 0 Å². The molecule has 2 fully saturated rings. The minimum atomic E-state index is -0.958. The van der Waals surface area contributed by atoms with Crippen molar-refractivity contribution in [2.24, 2.45) is 4.99 Å². The van der Waals surface area contributed by atoms with E-state index in [1.807, 2.05) is 24.3 Å². The van der Waals surface area contributed by atoms with Gasteiger partial charge in [-0.1, -0.05) is 25.1 Å². The normalized spacial score (nSPS) is 23.6. The molecular weight excluding hydrogens is 496 g/mol. The number of hydrogen-bond donors (Lipinski definition) is 1. The van der Waals surface area contributed by atoms with Gasteiger partial charge in [-0.2, -0.15) is 4.99 Å². The van der Waals surface area contributed by atoms with Crippen molar-refractivity contribution in [1.82, 2.24) is 19.7 Å². The molecule has 2 atom stereocenters. The Morgan fingerprint density at radius 3 is 2.58 bits per heavy atom. The molecule has 2 unspecified atom stereocenters. The Morgan fingerprint density at radius 2 is 1.82 bits per heavy atom. The molecule has 0 amide bonds. The summed E-state index contributed by atoms with van der Waals surface area (Å²) in [6.45, 7) is 14.9. The highest BCUT2D eigenvalue weighted by Crippen LogP contribution is 2.23. The number of quaternary nitrogens is 1. The summed E-state index contributed by atoms with van der Waals surface area (Å²) in [6, 6.07) is 13.7. The smallest absolute Gasteiger partial charge is 0.354 e. The Kier molecular flexibility index (Phi) is 10.5. The van der Waals surface area contributed by atoms with Crippen LogP contribution in [0.3, 0.4) is 0 Å². The van der Waals surface area contributed by atoms with E-state index in [-0.39, 0.29) is 5.69 Å². The Balaban J connectivity index is 1.39. The molecule has 0 saturated carbocycles. The zero-order valence-corrected chi connectivity index (χ0v) is 23.4. The third kappa shape index (κ3) is 8.24. The highest BCUT2D eigenvalue weighted by molar-refractivity contribution is 7.78. The second-order valence-electron chi connectivity index (χ2n) is 10.6. The summed E-state index contributed by atoms with van der Waals surface area (Å²) in [5.74, 6) is -0.958. The lowest BCUT2D eigenvalue weighted by Crippen LogP contribution is -2.48. The van der Waals surface area contributed by atoms with Crippen LogP contribution >= 0.6 is 12.2 Å². The number of thiocarbonyl (C=S) groups is 1. The number of carbonyl (C=O) groups is 1. The maximum atomic E-state index is 11.5. The molecule has 3 heterocycles. The van der Waals surface area contributed by atoms with Crippen LogP contribution in [-0.4, -0.2) is 113 Å². The van der Waals surface area contributed by atoms with Gasteiger partial charge in [-0.05, 0) is 68.0 Å². The lowest BCUT2D eigenvalue weighted by molar-refractivity contribution is -0.934. The van der Waals surface area contributed by atoms with Crippen molar-refractivity contribution >= 4 is 29.0 Å². The molecule has 8 nitrogen and oxygen atoms in total. The SMILES string of the molecule is CCN1CCC[N+]2(Cc3cccc(C(=O)O)n3)CCN(CCCN(CCc3ccc(N=C=S)cc3)CC1)C2. The van der Waals surface area contributed by atoms with Crippen LogP contribution in [-0.2, 0) is 13.0 Å². The molecule has 1 aromatic carbocycles. The van der Waals surface area contributed by atoms with Crippen molar-refractivity contribution in [3.63, 3.8) is 0 Å². The molecule has 2 aliphatic heterocycles. The molecule has 2 aliphatic rings. The van der Waals surface area contributed by atoms with Crippen LogP contribution in [0.2, 0.25) is 0 Å². The standard InChI is InChI=1S/C29H40N6O2S/c1-2-32-15-5-20-35(22-27-6-3-7-28(31-27)29(36)37)21-19-34(24-35)14-4-13-33(18-17-32)16-12-25-8-10-26(11-9-25)30-23-38/h3,6-11H,2,4-5,12-22,24H2,1H3/p+1. The lowest BCUT2D eigenvalue weighted by atomic mass is 10.1. The number of nitrogens with zero attached hydrogens (tertiary/aromatic N) is 6. The Labute approximate surface area is 232 Å². The first-order chi connectivity index (χ1) is 18.5. The number of isothiocyanates is 1. The van der Waals surface area contributed by atoms with Gasteiger partial charge < -0.3 is 19.4 Å². The van der Waals surface area contributed by atoms with Crippen molar-refractivity contribution in [3.8, 4) is 0 Å². The second-order valence-corrected chi connectivity index (χ2v) is 10.8. The van der Waals surface area contributed by atoms with Crippen molar-refractivity contribution in [1.29, 1.82) is 0 Å². The maximum absolute atomic E-state index is 11.5. The van der Waals surface area contributed by atoms with Crippen molar-refractivity contribution < 1.29 is 14.4 Å². The third-order valence-corrected chi connectivity index (χ3v) is 8.07. The summed E-state index contributed by atoms with van der Waals surface area (Å²) >= 11 is 4.71. The van der Waals surface area contributed by atoms with Gasteiger partial charge in [0, 0.05) is 39.1 Å². The number of hydrogen-bond acceptors (Lipinski definition) is 7. The predicted molar refractivity (Wildman–Crippen MR) is 154 cm³/mol. The molecule has 4 rings (SSSR count). The fourth-order valence-electron chi connectivity index (χ4n) is 5.79. The predicted octanol–water partition coefficient (Wildman–Crippen LogP) is 3.76. The number of likely N-dealkylation sites (N-methyl/N-ethyl adjacent to an activating group) is 1. The third-order valence-electron chi connectivity index (χ3n) is 7.98. The van der Waals surface area contributed by atoms with Gasteiger partial charge in [0.25, 0.3) is 0 Å². The van der Waals surface area contributed by atoms with Crippen LogP contribution < -0.4 is 0 Å². The van der Waals surface area contributed by atoms with Crippen molar-refractivity contribution in [2.75, 3.05) is 72.1 Å². The van der Waals surface area contributed by atoms with E-state index in [0.29, 0.717) is 0 Å². The quantitative estimate of drug-likeness (QED) is 0.312. The Morgan fingerprint density at radius 1 is 1.03 bits per heavy atom. The summed E-state index contributed by atoms with van der Waals surface area (Å²) in [4.78, 5) is 27.8. The van der Waals surface area contributed by atoms with Gasteiger partial charge in [0.15, 0.2) is 0 Å².